The molecule has 2 atom stereocenters. The molecule has 0 fully saturated rings. The Bertz CT molecular complexity index is 483. The van der Waals surface area contributed by atoms with Crippen LogP contribution in [-0.4, -0.2) is 47.6 Å². The molecule has 0 amide bonds. The molecule has 0 aliphatic heterocycles. The molecule has 104 valence electrons. The highest BCUT2D eigenvalue weighted by atomic mass is 16.5. The molecular formula is C12H14O7. The Balaban J connectivity index is 3.23. The molecule has 1 aromatic carbocycles. The lowest BCUT2D eigenvalue weighted by Crippen LogP contribution is -2.29. The molecule has 0 bridgehead atoms. The molecule has 0 saturated heterocycles. The summed E-state index contributed by atoms with van der Waals surface area (Å²) in [7, 11) is 2.28. The van der Waals surface area contributed by atoms with Crippen molar-refractivity contribution in [2.24, 2.45) is 0 Å². The minimum atomic E-state index is -1.83. The molecule has 0 aliphatic carbocycles. The summed E-state index contributed by atoms with van der Waals surface area (Å²) >= 11 is 0. The number of carboxylic acids is 1. The zero-order valence-electron chi connectivity index (χ0n) is 10.4. The quantitative estimate of drug-likeness (QED) is 0.643. The Kier molecular flexibility index (Phi) is 4.85. The summed E-state index contributed by atoms with van der Waals surface area (Å²) in [6.07, 6.45) is -3.48. The van der Waals surface area contributed by atoms with Crippen LogP contribution in [0.2, 0.25) is 0 Å². The Morgan fingerprint density at radius 2 is 1.84 bits per heavy atom. The maximum Gasteiger partial charge on any atom is 0.339 e. The van der Waals surface area contributed by atoms with E-state index in [-0.39, 0.29) is 16.9 Å². The van der Waals surface area contributed by atoms with Crippen molar-refractivity contribution in [2.75, 3.05) is 14.2 Å². The number of benzene rings is 1. The molecule has 19 heavy (non-hydrogen) atoms. The van der Waals surface area contributed by atoms with E-state index in [0.29, 0.717) is 0 Å². The van der Waals surface area contributed by atoms with Gasteiger partial charge < -0.3 is 24.8 Å². The van der Waals surface area contributed by atoms with Crippen LogP contribution in [0.4, 0.5) is 0 Å². The molecule has 7 heteroatoms. The van der Waals surface area contributed by atoms with Gasteiger partial charge in [-0.25, -0.2) is 9.59 Å². The topological polar surface area (TPSA) is 113 Å². The van der Waals surface area contributed by atoms with Crippen molar-refractivity contribution in [3.63, 3.8) is 0 Å². The highest BCUT2D eigenvalue weighted by Crippen LogP contribution is 2.31. The van der Waals surface area contributed by atoms with Crippen LogP contribution in [0.1, 0.15) is 22.0 Å². The van der Waals surface area contributed by atoms with Crippen molar-refractivity contribution in [3.05, 3.63) is 29.3 Å². The van der Waals surface area contributed by atoms with Crippen LogP contribution in [0.5, 0.6) is 5.75 Å². The maximum atomic E-state index is 11.2. The van der Waals surface area contributed by atoms with E-state index in [9.17, 15) is 19.8 Å². The molecule has 0 aromatic heterocycles. The highest BCUT2D eigenvalue weighted by Gasteiger charge is 2.30. The summed E-state index contributed by atoms with van der Waals surface area (Å²) in [6.45, 7) is 0. The number of esters is 1. The van der Waals surface area contributed by atoms with Crippen LogP contribution in [0, 0.1) is 0 Å². The van der Waals surface area contributed by atoms with Gasteiger partial charge in [0.1, 0.15) is 17.4 Å². The second-order valence-electron chi connectivity index (χ2n) is 3.65. The summed E-state index contributed by atoms with van der Waals surface area (Å²) < 4.78 is 9.22. The molecule has 0 heterocycles. The summed E-state index contributed by atoms with van der Waals surface area (Å²) in [5.41, 5.74) is -0.198. The molecule has 1 aromatic rings. The fourth-order valence-corrected chi connectivity index (χ4v) is 1.60. The standard InChI is InChI=1S/C12H14O7/c1-18-10-6(4-3-5-7(10)11(15)16)8(13)9(14)12(17)19-2/h3-5,8-9,13-14H,1-2H3,(H,15,16). The molecule has 0 aliphatic rings. The van der Waals surface area contributed by atoms with Crippen molar-refractivity contribution in [2.45, 2.75) is 12.2 Å². The molecule has 2 unspecified atom stereocenters. The van der Waals surface area contributed by atoms with Gasteiger partial charge in [-0.2, -0.15) is 0 Å². The first-order valence-corrected chi connectivity index (χ1v) is 5.28. The Morgan fingerprint density at radius 3 is 2.32 bits per heavy atom. The zero-order chi connectivity index (χ0) is 14.6. The first-order chi connectivity index (χ1) is 8.93. The number of methoxy groups -OCH3 is 2. The summed E-state index contributed by atoms with van der Waals surface area (Å²) in [5.74, 6) is -2.40. The second kappa shape index (κ2) is 6.17. The average molecular weight is 270 g/mol. The van der Waals surface area contributed by atoms with Crippen LogP contribution < -0.4 is 4.74 Å². The molecule has 0 spiro atoms. The lowest BCUT2D eigenvalue weighted by molar-refractivity contribution is -0.156. The van der Waals surface area contributed by atoms with Crippen molar-refractivity contribution in [3.8, 4) is 5.75 Å². The van der Waals surface area contributed by atoms with E-state index < -0.39 is 24.1 Å². The van der Waals surface area contributed by atoms with Gasteiger partial charge in [-0.05, 0) is 6.07 Å². The number of carbonyl (C=O) groups excluding carboxylic acids is 1. The van der Waals surface area contributed by atoms with E-state index in [0.717, 1.165) is 7.11 Å². The molecule has 3 N–H and O–H groups in total. The summed E-state index contributed by atoms with van der Waals surface area (Å²) in [4.78, 5) is 22.2. The number of aliphatic hydroxyl groups excluding tert-OH is 2. The zero-order valence-corrected chi connectivity index (χ0v) is 10.4. The van der Waals surface area contributed by atoms with Crippen LogP contribution in [0.3, 0.4) is 0 Å². The van der Waals surface area contributed by atoms with Gasteiger partial charge in [0.05, 0.1) is 14.2 Å². The minimum absolute atomic E-state index is 0.0136. The Morgan fingerprint density at radius 1 is 1.21 bits per heavy atom. The molecule has 1 rings (SSSR count). The number of para-hydroxylation sites is 1. The maximum absolute atomic E-state index is 11.2. The van der Waals surface area contributed by atoms with Gasteiger partial charge in [0.2, 0.25) is 0 Å². The number of hydrogen-bond donors (Lipinski definition) is 3. The van der Waals surface area contributed by atoms with Crippen molar-refractivity contribution < 1.29 is 34.4 Å². The largest absolute Gasteiger partial charge is 0.495 e. The summed E-state index contributed by atoms with van der Waals surface area (Å²) in [6, 6.07) is 4.00. The van der Waals surface area contributed by atoms with Gasteiger partial charge in [0.15, 0.2) is 6.10 Å². The third kappa shape index (κ3) is 3.01. The smallest absolute Gasteiger partial charge is 0.339 e. The van der Waals surface area contributed by atoms with E-state index in [1.807, 2.05) is 0 Å². The first-order valence-electron chi connectivity index (χ1n) is 5.28. The van der Waals surface area contributed by atoms with Gasteiger partial charge in [0, 0.05) is 5.56 Å². The van der Waals surface area contributed by atoms with Crippen molar-refractivity contribution >= 4 is 11.9 Å². The van der Waals surface area contributed by atoms with E-state index in [1.165, 1.54) is 25.3 Å². The van der Waals surface area contributed by atoms with Gasteiger partial charge in [-0.15, -0.1) is 0 Å². The Labute approximate surface area is 109 Å². The number of ether oxygens (including phenoxy) is 2. The van der Waals surface area contributed by atoms with Crippen molar-refractivity contribution in [1.82, 2.24) is 0 Å². The van der Waals surface area contributed by atoms with Gasteiger partial charge in [-0.1, -0.05) is 12.1 Å². The number of rotatable bonds is 5. The molecule has 0 radical (unpaired) electrons. The molecular weight excluding hydrogens is 256 g/mol. The van der Waals surface area contributed by atoms with Crippen LogP contribution in [0.25, 0.3) is 0 Å². The van der Waals surface area contributed by atoms with Crippen molar-refractivity contribution in [1.29, 1.82) is 0 Å². The van der Waals surface area contributed by atoms with Crippen LogP contribution in [0.15, 0.2) is 18.2 Å². The lowest BCUT2D eigenvalue weighted by Gasteiger charge is -2.19. The van der Waals surface area contributed by atoms with E-state index in [4.69, 9.17) is 9.84 Å². The number of hydrogen-bond acceptors (Lipinski definition) is 6. The Hall–Kier alpha value is -2.12. The number of aliphatic hydroxyl groups is 2. The number of aromatic carboxylic acids is 1. The van der Waals surface area contributed by atoms with E-state index >= 15 is 0 Å². The first kappa shape index (κ1) is 14.9. The number of carboxylic acid groups (broad SMARTS) is 1. The summed E-state index contributed by atoms with van der Waals surface area (Å²) in [5, 5.41) is 28.4. The SMILES string of the molecule is COC(=O)C(O)C(O)c1cccc(C(=O)O)c1OC. The monoisotopic (exact) mass is 270 g/mol. The van der Waals surface area contributed by atoms with Crippen LogP contribution in [-0.2, 0) is 9.53 Å². The average Bonchev–Trinajstić information content (AvgIpc) is 2.43. The predicted octanol–water partition coefficient (Wildman–Crippen LogP) is -0.0393. The van der Waals surface area contributed by atoms with Gasteiger partial charge >= 0.3 is 11.9 Å². The highest BCUT2D eigenvalue weighted by molar-refractivity contribution is 5.91. The minimum Gasteiger partial charge on any atom is -0.495 e. The molecule has 0 saturated carbocycles. The van der Waals surface area contributed by atoms with E-state index in [2.05, 4.69) is 4.74 Å². The number of carbonyl (C=O) groups is 2. The van der Waals surface area contributed by atoms with Crippen LogP contribution >= 0.6 is 0 Å². The fraction of sp³-hybridized carbons (Fsp3) is 0.333. The predicted molar refractivity (Wildman–Crippen MR) is 62.9 cm³/mol. The third-order valence-corrected chi connectivity index (χ3v) is 2.54. The third-order valence-electron chi connectivity index (χ3n) is 2.54. The van der Waals surface area contributed by atoms with E-state index in [1.54, 1.807) is 0 Å². The lowest BCUT2D eigenvalue weighted by atomic mass is 10.00. The molecule has 7 nitrogen and oxygen atoms in total. The normalized spacial score (nSPS) is 13.5. The second-order valence-corrected chi connectivity index (χ2v) is 3.65. The van der Waals surface area contributed by atoms with Gasteiger partial charge in [-0.3, -0.25) is 0 Å². The van der Waals surface area contributed by atoms with Gasteiger partial charge in [0.25, 0.3) is 0 Å². The fourth-order valence-electron chi connectivity index (χ4n) is 1.60.